The van der Waals surface area contributed by atoms with Gasteiger partial charge < -0.3 is 10.4 Å². The van der Waals surface area contributed by atoms with Gasteiger partial charge in [-0.1, -0.05) is 30.5 Å². The summed E-state index contributed by atoms with van der Waals surface area (Å²) in [4.78, 5) is 24.4. The number of rotatable bonds is 4. The summed E-state index contributed by atoms with van der Waals surface area (Å²) in [5, 5.41) is 15.6. The molecule has 0 saturated heterocycles. The van der Waals surface area contributed by atoms with Gasteiger partial charge in [-0.25, -0.2) is 4.68 Å². The fraction of sp³-hybridized carbons (Fsp3) is 0.444. The smallest absolute Gasteiger partial charge is 0.271 e. The molecule has 1 amide bonds. The number of hydrogen-bond donors (Lipinski definition) is 3. The van der Waals surface area contributed by atoms with Crippen molar-refractivity contribution in [3.8, 4) is 5.69 Å². The molecule has 0 aliphatic heterocycles. The van der Waals surface area contributed by atoms with Crippen LogP contribution in [0.25, 0.3) is 5.69 Å². The number of nitrogens with one attached hydrogen (secondary N) is 2. The summed E-state index contributed by atoms with van der Waals surface area (Å²) >= 11 is 0. The van der Waals surface area contributed by atoms with Gasteiger partial charge in [0.1, 0.15) is 5.69 Å². The van der Waals surface area contributed by atoms with E-state index in [0.717, 1.165) is 31.2 Å². The van der Waals surface area contributed by atoms with Gasteiger partial charge in [0.25, 0.3) is 11.5 Å². The SMILES string of the molecule is Cc1ccc(-n2[nH]c(C(=O)NCC3CCCCC3O)cc2=O)cc1. The first-order valence-electron chi connectivity index (χ1n) is 8.40. The fourth-order valence-electron chi connectivity index (χ4n) is 3.14. The number of aromatic amines is 1. The van der Waals surface area contributed by atoms with Crippen molar-refractivity contribution in [1.82, 2.24) is 15.1 Å². The van der Waals surface area contributed by atoms with Crippen LogP contribution in [0.5, 0.6) is 0 Å². The Morgan fingerprint density at radius 3 is 2.71 bits per heavy atom. The standard InChI is InChI=1S/C18H23N3O3/c1-12-6-8-14(9-7-12)21-17(23)10-15(20-21)18(24)19-11-13-4-2-3-5-16(13)22/h6-10,13,16,20,22H,2-5,11H2,1H3,(H,19,24). The maximum Gasteiger partial charge on any atom is 0.271 e. The molecule has 1 heterocycles. The zero-order chi connectivity index (χ0) is 17.1. The lowest BCUT2D eigenvalue weighted by Crippen LogP contribution is -2.36. The molecule has 1 aliphatic rings. The van der Waals surface area contributed by atoms with Crippen LogP contribution in [0.4, 0.5) is 0 Å². The molecule has 24 heavy (non-hydrogen) atoms. The topological polar surface area (TPSA) is 87.1 Å². The summed E-state index contributed by atoms with van der Waals surface area (Å²) < 4.78 is 1.35. The summed E-state index contributed by atoms with van der Waals surface area (Å²) in [6, 6.07) is 8.77. The van der Waals surface area contributed by atoms with Gasteiger partial charge in [0, 0.05) is 18.5 Å². The van der Waals surface area contributed by atoms with E-state index in [1.54, 1.807) is 0 Å². The molecule has 2 aromatic rings. The maximum atomic E-state index is 12.3. The van der Waals surface area contributed by atoms with Crippen molar-refractivity contribution in [3.63, 3.8) is 0 Å². The summed E-state index contributed by atoms with van der Waals surface area (Å²) in [5.41, 5.74) is 1.74. The van der Waals surface area contributed by atoms with Crippen molar-refractivity contribution in [3.05, 3.63) is 51.9 Å². The molecule has 1 fully saturated rings. The fourth-order valence-corrected chi connectivity index (χ4v) is 3.14. The van der Waals surface area contributed by atoms with Gasteiger partial charge in [0.05, 0.1) is 11.8 Å². The lowest BCUT2D eigenvalue weighted by atomic mass is 9.86. The molecular weight excluding hydrogens is 306 g/mol. The van der Waals surface area contributed by atoms with E-state index >= 15 is 0 Å². The van der Waals surface area contributed by atoms with E-state index in [2.05, 4.69) is 10.4 Å². The molecule has 6 heteroatoms. The minimum absolute atomic E-state index is 0.0913. The molecule has 6 nitrogen and oxygen atoms in total. The number of nitrogens with zero attached hydrogens (tertiary/aromatic N) is 1. The quantitative estimate of drug-likeness (QED) is 0.799. The highest BCUT2D eigenvalue weighted by Crippen LogP contribution is 2.23. The Balaban J connectivity index is 1.68. The molecule has 2 atom stereocenters. The van der Waals surface area contributed by atoms with Crippen LogP contribution in [0.1, 0.15) is 41.7 Å². The number of aryl methyl sites for hydroxylation is 1. The van der Waals surface area contributed by atoms with Crippen LogP contribution < -0.4 is 10.9 Å². The molecule has 128 valence electrons. The Hall–Kier alpha value is -2.34. The molecule has 2 unspecified atom stereocenters. The number of amides is 1. The third-order valence-corrected chi connectivity index (χ3v) is 4.65. The number of carbonyl (C=O) groups is 1. The van der Waals surface area contributed by atoms with Crippen LogP contribution in [-0.2, 0) is 0 Å². The Bertz CT molecular complexity index is 761. The van der Waals surface area contributed by atoms with Crippen LogP contribution in [0, 0.1) is 12.8 Å². The molecule has 0 radical (unpaired) electrons. The van der Waals surface area contributed by atoms with E-state index in [-0.39, 0.29) is 29.2 Å². The zero-order valence-electron chi connectivity index (χ0n) is 13.8. The largest absolute Gasteiger partial charge is 0.393 e. The van der Waals surface area contributed by atoms with E-state index in [4.69, 9.17) is 0 Å². The van der Waals surface area contributed by atoms with Gasteiger partial charge >= 0.3 is 0 Å². The van der Waals surface area contributed by atoms with Crippen LogP contribution in [0.15, 0.2) is 35.1 Å². The van der Waals surface area contributed by atoms with Crippen LogP contribution in [0.2, 0.25) is 0 Å². The van der Waals surface area contributed by atoms with Crippen LogP contribution in [-0.4, -0.2) is 33.4 Å². The van der Waals surface area contributed by atoms with Gasteiger partial charge in [-0.05, 0) is 31.9 Å². The van der Waals surface area contributed by atoms with Crippen molar-refractivity contribution < 1.29 is 9.90 Å². The maximum absolute atomic E-state index is 12.3. The minimum atomic E-state index is -0.352. The predicted octanol–water partition coefficient (Wildman–Crippen LogP) is 1.75. The number of carbonyl (C=O) groups excluding carboxylic acids is 1. The van der Waals surface area contributed by atoms with E-state index in [0.29, 0.717) is 12.2 Å². The third kappa shape index (κ3) is 3.59. The molecule has 1 aromatic carbocycles. The molecule has 0 bridgehead atoms. The van der Waals surface area contributed by atoms with E-state index in [1.165, 1.54) is 10.7 Å². The number of benzene rings is 1. The molecule has 3 N–H and O–H groups in total. The van der Waals surface area contributed by atoms with Crippen molar-refractivity contribution in [2.24, 2.45) is 5.92 Å². The Morgan fingerprint density at radius 1 is 1.29 bits per heavy atom. The first kappa shape index (κ1) is 16.5. The number of hydrogen-bond acceptors (Lipinski definition) is 3. The Kier molecular flexibility index (Phi) is 4.85. The van der Waals surface area contributed by atoms with E-state index in [9.17, 15) is 14.7 Å². The minimum Gasteiger partial charge on any atom is -0.393 e. The van der Waals surface area contributed by atoms with Crippen molar-refractivity contribution >= 4 is 5.91 Å². The van der Waals surface area contributed by atoms with Gasteiger partial charge in [-0.3, -0.25) is 14.7 Å². The summed E-state index contributed by atoms with van der Waals surface area (Å²) in [5.74, 6) is -0.232. The van der Waals surface area contributed by atoms with Gasteiger partial charge in [0.2, 0.25) is 0 Å². The molecule has 1 aliphatic carbocycles. The van der Waals surface area contributed by atoms with E-state index in [1.807, 2.05) is 31.2 Å². The summed E-state index contributed by atoms with van der Waals surface area (Å²) in [7, 11) is 0. The van der Waals surface area contributed by atoms with Gasteiger partial charge in [0.15, 0.2) is 0 Å². The number of aliphatic hydroxyl groups excluding tert-OH is 1. The molecule has 3 rings (SSSR count). The summed E-state index contributed by atoms with van der Waals surface area (Å²) in [6.45, 7) is 2.40. The highest BCUT2D eigenvalue weighted by Gasteiger charge is 2.23. The first-order valence-corrected chi connectivity index (χ1v) is 8.40. The van der Waals surface area contributed by atoms with E-state index < -0.39 is 0 Å². The molecule has 1 saturated carbocycles. The zero-order valence-corrected chi connectivity index (χ0v) is 13.8. The average molecular weight is 329 g/mol. The molecular formula is C18H23N3O3. The number of aliphatic hydroxyl groups is 1. The second-order valence-corrected chi connectivity index (χ2v) is 6.50. The van der Waals surface area contributed by atoms with Crippen molar-refractivity contribution in [1.29, 1.82) is 0 Å². The summed E-state index contributed by atoms with van der Waals surface area (Å²) in [6.07, 6.45) is 3.48. The van der Waals surface area contributed by atoms with Crippen LogP contribution >= 0.6 is 0 Å². The Morgan fingerprint density at radius 2 is 2.00 bits per heavy atom. The second kappa shape index (κ2) is 7.05. The lowest BCUT2D eigenvalue weighted by molar-refractivity contribution is 0.0661. The number of aromatic nitrogens is 2. The Labute approximate surface area is 140 Å². The predicted molar refractivity (Wildman–Crippen MR) is 91.4 cm³/mol. The molecule has 1 aromatic heterocycles. The second-order valence-electron chi connectivity index (χ2n) is 6.50. The van der Waals surface area contributed by atoms with Gasteiger partial charge in [-0.2, -0.15) is 0 Å². The van der Waals surface area contributed by atoms with Gasteiger partial charge in [-0.15, -0.1) is 0 Å². The molecule has 0 spiro atoms. The highest BCUT2D eigenvalue weighted by molar-refractivity contribution is 5.92. The monoisotopic (exact) mass is 329 g/mol. The lowest BCUT2D eigenvalue weighted by Gasteiger charge is -2.27. The third-order valence-electron chi connectivity index (χ3n) is 4.65. The average Bonchev–Trinajstić information content (AvgIpc) is 2.96. The van der Waals surface area contributed by atoms with Crippen LogP contribution in [0.3, 0.4) is 0 Å². The number of H-pyrrole nitrogens is 1. The first-order chi connectivity index (χ1) is 11.5. The highest BCUT2D eigenvalue weighted by atomic mass is 16.3. The van der Waals surface area contributed by atoms with Crippen molar-refractivity contribution in [2.45, 2.75) is 38.7 Å². The van der Waals surface area contributed by atoms with Crippen molar-refractivity contribution in [2.75, 3.05) is 6.54 Å². The normalized spacial score (nSPS) is 20.8.